The number of esters is 1. The number of ether oxygens (including phenoxy) is 3. The Bertz CT molecular complexity index is 791. The van der Waals surface area contributed by atoms with Gasteiger partial charge in [0.05, 0.1) is 5.56 Å². The molecule has 1 amide bonds. The molecule has 130 valence electrons. The minimum atomic E-state index is -0.940. The molecule has 0 radical (unpaired) electrons. The maximum atomic E-state index is 12.2. The second-order valence-corrected chi connectivity index (χ2v) is 6.32. The topological polar surface area (TPSA) is 73.9 Å². The lowest BCUT2D eigenvalue weighted by Crippen LogP contribution is -2.30. The van der Waals surface area contributed by atoms with Crippen molar-refractivity contribution in [3.05, 3.63) is 52.5 Å². The van der Waals surface area contributed by atoms with Crippen molar-refractivity contribution in [3.63, 3.8) is 0 Å². The molecule has 1 N–H and O–H groups in total. The molecule has 0 aliphatic carbocycles. The van der Waals surface area contributed by atoms with Crippen LogP contribution in [0, 0.1) is 0 Å². The van der Waals surface area contributed by atoms with Crippen molar-refractivity contribution < 1.29 is 23.8 Å². The fourth-order valence-electron chi connectivity index (χ4n) is 2.23. The number of amides is 1. The van der Waals surface area contributed by atoms with Gasteiger partial charge in [-0.1, -0.05) is 15.9 Å². The van der Waals surface area contributed by atoms with Crippen LogP contribution in [0.3, 0.4) is 0 Å². The predicted molar refractivity (Wildman–Crippen MR) is 95.1 cm³/mol. The number of rotatable bonds is 4. The number of anilines is 1. The minimum Gasteiger partial charge on any atom is -0.486 e. The average molecular weight is 406 g/mol. The van der Waals surface area contributed by atoms with Gasteiger partial charge in [-0.3, -0.25) is 4.79 Å². The zero-order valence-corrected chi connectivity index (χ0v) is 15.0. The minimum absolute atomic E-state index is 0.299. The first-order chi connectivity index (χ1) is 12.0. The summed E-state index contributed by atoms with van der Waals surface area (Å²) in [7, 11) is 0. The third kappa shape index (κ3) is 4.30. The molecule has 0 bridgehead atoms. The first kappa shape index (κ1) is 17.3. The van der Waals surface area contributed by atoms with Gasteiger partial charge in [-0.2, -0.15) is 0 Å². The van der Waals surface area contributed by atoms with Crippen LogP contribution < -0.4 is 14.8 Å². The first-order valence-corrected chi connectivity index (χ1v) is 8.49. The number of benzene rings is 2. The van der Waals surface area contributed by atoms with Gasteiger partial charge in [0, 0.05) is 10.2 Å². The molecule has 0 saturated carbocycles. The summed E-state index contributed by atoms with van der Waals surface area (Å²) in [5, 5.41) is 2.69. The largest absolute Gasteiger partial charge is 0.486 e. The van der Waals surface area contributed by atoms with Gasteiger partial charge < -0.3 is 19.5 Å². The molecule has 2 aromatic carbocycles. The highest BCUT2D eigenvalue weighted by Gasteiger charge is 2.21. The first-order valence-electron chi connectivity index (χ1n) is 7.70. The summed E-state index contributed by atoms with van der Waals surface area (Å²) in [5.41, 5.74) is 0.919. The molecule has 2 aromatic rings. The molecule has 0 spiro atoms. The van der Waals surface area contributed by atoms with E-state index in [2.05, 4.69) is 21.2 Å². The van der Waals surface area contributed by atoms with E-state index in [0.717, 1.165) is 4.47 Å². The molecule has 1 heterocycles. The van der Waals surface area contributed by atoms with Crippen LogP contribution in [-0.2, 0) is 9.53 Å². The molecular weight excluding hydrogens is 390 g/mol. The molecule has 0 aromatic heterocycles. The van der Waals surface area contributed by atoms with Gasteiger partial charge in [-0.15, -0.1) is 0 Å². The van der Waals surface area contributed by atoms with Crippen LogP contribution in [0.25, 0.3) is 0 Å². The number of hydrogen-bond acceptors (Lipinski definition) is 5. The Hall–Kier alpha value is -2.54. The molecule has 7 heteroatoms. The summed E-state index contributed by atoms with van der Waals surface area (Å²) in [6.45, 7) is 2.42. The normalized spacial score (nSPS) is 13.7. The summed E-state index contributed by atoms with van der Waals surface area (Å²) < 4.78 is 17.0. The highest BCUT2D eigenvalue weighted by Crippen LogP contribution is 2.31. The molecule has 0 fully saturated rings. The van der Waals surface area contributed by atoms with E-state index in [0.29, 0.717) is 36.0 Å². The van der Waals surface area contributed by atoms with E-state index < -0.39 is 18.0 Å². The van der Waals surface area contributed by atoms with Gasteiger partial charge >= 0.3 is 5.97 Å². The Morgan fingerprint density at radius 3 is 2.48 bits per heavy atom. The van der Waals surface area contributed by atoms with Crippen LogP contribution in [0.2, 0.25) is 0 Å². The van der Waals surface area contributed by atoms with Crippen molar-refractivity contribution in [1.82, 2.24) is 0 Å². The van der Waals surface area contributed by atoms with E-state index >= 15 is 0 Å². The zero-order valence-electron chi connectivity index (χ0n) is 13.5. The van der Waals surface area contributed by atoms with Gasteiger partial charge in [0.2, 0.25) is 0 Å². The van der Waals surface area contributed by atoms with Crippen LogP contribution >= 0.6 is 15.9 Å². The number of nitrogens with one attached hydrogen (secondary N) is 1. The zero-order chi connectivity index (χ0) is 17.8. The molecule has 25 heavy (non-hydrogen) atoms. The lowest BCUT2D eigenvalue weighted by molar-refractivity contribution is -0.123. The molecule has 1 atom stereocenters. The monoisotopic (exact) mass is 405 g/mol. The molecule has 1 aliphatic rings. The van der Waals surface area contributed by atoms with Crippen LogP contribution in [0.5, 0.6) is 11.5 Å². The van der Waals surface area contributed by atoms with Crippen LogP contribution in [0.1, 0.15) is 17.3 Å². The van der Waals surface area contributed by atoms with Crippen LogP contribution in [0.4, 0.5) is 5.69 Å². The maximum Gasteiger partial charge on any atom is 0.339 e. The average Bonchev–Trinajstić information content (AvgIpc) is 2.63. The van der Waals surface area contributed by atoms with E-state index in [9.17, 15) is 9.59 Å². The Labute approximate surface area is 153 Å². The Morgan fingerprint density at radius 1 is 1.08 bits per heavy atom. The van der Waals surface area contributed by atoms with Crippen LogP contribution in [0.15, 0.2) is 46.9 Å². The van der Waals surface area contributed by atoms with Crippen molar-refractivity contribution in [2.45, 2.75) is 13.0 Å². The molecular formula is C18H16BrNO5. The summed E-state index contributed by atoms with van der Waals surface area (Å²) in [4.78, 5) is 24.4. The van der Waals surface area contributed by atoms with E-state index in [4.69, 9.17) is 14.2 Å². The summed E-state index contributed by atoms with van der Waals surface area (Å²) >= 11 is 3.32. The fraction of sp³-hybridized carbons (Fsp3) is 0.222. The molecule has 1 aliphatic heterocycles. The summed E-state index contributed by atoms with van der Waals surface area (Å²) in [5.74, 6) is 0.0696. The second kappa shape index (κ2) is 7.57. The third-order valence-electron chi connectivity index (χ3n) is 3.54. The SMILES string of the molecule is C[C@H](OC(=O)c1ccc2c(c1)OCCO2)C(=O)Nc1ccc(Br)cc1. The molecule has 6 nitrogen and oxygen atoms in total. The number of fused-ring (bicyclic) bond motifs is 1. The van der Waals surface area contributed by atoms with Crippen LogP contribution in [-0.4, -0.2) is 31.2 Å². The summed E-state index contributed by atoms with van der Waals surface area (Å²) in [6.07, 6.45) is -0.940. The quantitative estimate of drug-likeness (QED) is 0.788. The maximum absolute atomic E-state index is 12.2. The summed E-state index contributed by atoms with van der Waals surface area (Å²) in [6, 6.07) is 11.9. The molecule has 3 rings (SSSR count). The van der Waals surface area contributed by atoms with E-state index in [1.807, 2.05) is 12.1 Å². The van der Waals surface area contributed by atoms with Crippen molar-refractivity contribution in [2.75, 3.05) is 18.5 Å². The smallest absolute Gasteiger partial charge is 0.339 e. The predicted octanol–water partition coefficient (Wildman–Crippen LogP) is 3.40. The van der Waals surface area contributed by atoms with E-state index in [-0.39, 0.29) is 0 Å². The number of carbonyl (C=O) groups excluding carboxylic acids is 2. The van der Waals surface area contributed by atoms with E-state index in [1.165, 1.54) is 6.92 Å². The van der Waals surface area contributed by atoms with Gasteiger partial charge in [-0.25, -0.2) is 4.79 Å². The number of hydrogen-bond donors (Lipinski definition) is 1. The fourth-order valence-corrected chi connectivity index (χ4v) is 2.49. The Balaban J connectivity index is 1.61. The van der Waals surface area contributed by atoms with Gasteiger partial charge in [0.15, 0.2) is 17.6 Å². The lowest BCUT2D eigenvalue weighted by Gasteiger charge is -2.19. The number of carbonyl (C=O) groups is 2. The standard InChI is InChI=1S/C18H16BrNO5/c1-11(17(21)20-14-5-3-13(19)4-6-14)25-18(22)12-2-7-15-16(10-12)24-9-8-23-15/h2-7,10-11H,8-9H2,1H3,(H,20,21)/t11-/m0/s1. The number of halogens is 1. The van der Waals surface area contributed by atoms with E-state index in [1.54, 1.807) is 30.3 Å². The van der Waals surface area contributed by atoms with Crippen molar-refractivity contribution in [1.29, 1.82) is 0 Å². The van der Waals surface area contributed by atoms with Gasteiger partial charge in [-0.05, 0) is 49.4 Å². The molecule has 0 saturated heterocycles. The van der Waals surface area contributed by atoms with Gasteiger partial charge in [0.1, 0.15) is 13.2 Å². The van der Waals surface area contributed by atoms with Gasteiger partial charge in [0.25, 0.3) is 5.91 Å². The lowest BCUT2D eigenvalue weighted by atomic mass is 10.2. The van der Waals surface area contributed by atoms with Crippen molar-refractivity contribution in [3.8, 4) is 11.5 Å². The highest BCUT2D eigenvalue weighted by molar-refractivity contribution is 9.10. The highest BCUT2D eigenvalue weighted by atomic mass is 79.9. The van der Waals surface area contributed by atoms with Crippen molar-refractivity contribution >= 4 is 33.5 Å². The third-order valence-corrected chi connectivity index (χ3v) is 4.07. The Kier molecular flexibility index (Phi) is 5.23. The van der Waals surface area contributed by atoms with Crippen molar-refractivity contribution in [2.24, 2.45) is 0 Å². The molecule has 0 unspecified atom stereocenters. The second-order valence-electron chi connectivity index (χ2n) is 5.40. The Morgan fingerprint density at radius 2 is 1.76 bits per heavy atom.